The van der Waals surface area contributed by atoms with Crippen molar-refractivity contribution in [3.63, 3.8) is 0 Å². The summed E-state index contributed by atoms with van der Waals surface area (Å²) in [5.41, 5.74) is 1.63. The number of aromatic nitrogens is 4. The Morgan fingerprint density at radius 1 is 1.32 bits per heavy atom. The van der Waals surface area contributed by atoms with Gasteiger partial charge in [-0.2, -0.15) is 0 Å². The van der Waals surface area contributed by atoms with Gasteiger partial charge in [0, 0.05) is 25.4 Å². The minimum absolute atomic E-state index is 0.142. The van der Waals surface area contributed by atoms with Crippen molar-refractivity contribution in [3.8, 4) is 11.4 Å². The van der Waals surface area contributed by atoms with E-state index in [9.17, 15) is 9.18 Å². The number of amides is 1. The minimum Gasteiger partial charge on any atom is -0.351 e. The van der Waals surface area contributed by atoms with Crippen LogP contribution in [-0.2, 0) is 11.3 Å². The van der Waals surface area contributed by atoms with E-state index in [0.29, 0.717) is 23.6 Å². The van der Waals surface area contributed by atoms with Crippen molar-refractivity contribution >= 4 is 5.91 Å². The molecule has 0 aliphatic carbocycles. The molecule has 112 valence electrons. The molecule has 0 aliphatic rings. The van der Waals surface area contributed by atoms with E-state index in [1.54, 1.807) is 35.3 Å². The third-order valence-electron chi connectivity index (χ3n) is 3.14. The summed E-state index contributed by atoms with van der Waals surface area (Å²) in [5.74, 6) is -0.496. The normalized spacial score (nSPS) is 10.6. The number of carbonyl (C=O) groups is 1. The number of rotatable bonds is 4. The molecule has 7 heteroatoms. The smallest absolute Gasteiger partial charge is 0.217 e. The molecule has 0 saturated heterocycles. The van der Waals surface area contributed by atoms with Crippen LogP contribution in [0.1, 0.15) is 12.6 Å². The van der Waals surface area contributed by atoms with E-state index in [2.05, 4.69) is 15.6 Å². The minimum atomic E-state index is -0.354. The van der Waals surface area contributed by atoms with Crippen LogP contribution in [0.15, 0.2) is 48.9 Å². The van der Waals surface area contributed by atoms with Gasteiger partial charge in [-0.3, -0.25) is 4.79 Å². The van der Waals surface area contributed by atoms with Gasteiger partial charge in [-0.1, -0.05) is 5.21 Å². The van der Waals surface area contributed by atoms with Crippen molar-refractivity contribution in [1.29, 1.82) is 0 Å². The molecule has 0 saturated carbocycles. The molecule has 1 aromatic carbocycles. The van der Waals surface area contributed by atoms with Gasteiger partial charge in [-0.15, -0.1) is 5.10 Å². The topological polar surface area (TPSA) is 64.7 Å². The Hall–Kier alpha value is -2.96. The molecule has 0 unspecified atom stereocenters. The van der Waals surface area contributed by atoms with Gasteiger partial charge in [0.2, 0.25) is 5.91 Å². The van der Waals surface area contributed by atoms with Gasteiger partial charge in [-0.05, 0) is 24.3 Å². The summed E-state index contributed by atoms with van der Waals surface area (Å²) >= 11 is 0. The molecule has 0 spiro atoms. The lowest BCUT2D eigenvalue weighted by atomic mass is 10.2. The molecular weight excluding hydrogens is 285 g/mol. The molecule has 2 heterocycles. The van der Waals surface area contributed by atoms with Crippen molar-refractivity contribution in [2.45, 2.75) is 13.5 Å². The monoisotopic (exact) mass is 299 g/mol. The highest BCUT2D eigenvalue weighted by atomic mass is 19.1. The number of hydrogen-bond donors (Lipinski definition) is 1. The fraction of sp³-hybridized carbons (Fsp3) is 0.133. The predicted molar refractivity (Wildman–Crippen MR) is 78.2 cm³/mol. The fourth-order valence-electron chi connectivity index (χ4n) is 2.06. The van der Waals surface area contributed by atoms with Crippen LogP contribution < -0.4 is 5.32 Å². The molecule has 0 atom stereocenters. The summed E-state index contributed by atoms with van der Waals surface area (Å²) in [6.45, 7) is 1.72. The van der Waals surface area contributed by atoms with E-state index >= 15 is 0 Å². The van der Waals surface area contributed by atoms with E-state index in [4.69, 9.17) is 0 Å². The highest BCUT2D eigenvalue weighted by Crippen LogP contribution is 2.17. The Bertz CT molecular complexity index is 794. The average Bonchev–Trinajstić information content (AvgIpc) is 3.16. The fourth-order valence-corrected chi connectivity index (χ4v) is 2.06. The summed E-state index contributed by atoms with van der Waals surface area (Å²) in [6.07, 6.45) is 5.21. The molecule has 0 radical (unpaired) electrons. The van der Waals surface area contributed by atoms with Gasteiger partial charge in [0.15, 0.2) is 0 Å². The number of halogens is 1. The lowest BCUT2D eigenvalue weighted by Gasteiger charge is -2.07. The molecule has 0 aliphatic heterocycles. The zero-order chi connectivity index (χ0) is 15.5. The summed E-state index contributed by atoms with van der Waals surface area (Å²) in [5, 5.41) is 10.5. The van der Waals surface area contributed by atoms with Gasteiger partial charge in [0.1, 0.15) is 11.5 Å². The molecule has 2 aromatic heterocycles. The van der Waals surface area contributed by atoms with Crippen molar-refractivity contribution in [2.75, 3.05) is 0 Å². The van der Waals surface area contributed by atoms with Gasteiger partial charge >= 0.3 is 0 Å². The zero-order valence-corrected chi connectivity index (χ0v) is 11.9. The third-order valence-corrected chi connectivity index (χ3v) is 3.14. The van der Waals surface area contributed by atoms with Crippen LogP contribution in [0.5, 0.6) is 0 Å². The summed E-state index contributed by atoms with van der Waals surface area (Å²) in [6, 6.07) is 8.50. The molecule has 22 heavy (non-hydrogen) atoms. The van der Waals surface area contributed by atoms with Crippen LogP contribution in [-0.4, -0.2) is 25.5 Å². The van der Waals surface area contributed by atoms with E-state index in [1.807, 2.05) is 12.1 Å². The Balaban J connectivity index is 1.84. The number of nitrogens with zero attached hydrogens (tertiary/aromatic N) is 4. The van der Waals surface area contributed by atoms with Crippen LogP contribution >= 0.6 is 0 Å². The largest absolute Gasteiger partial charge is 0.351 e. The molecule has 0 bridgehead atoms. The van der Waals surface area contributed by atoms with Crippen LogP contribution in [0, 0.1) is 5.82 Å². The Labute approximate surface area is 126 Å². The summed E-state index contributed by atoms with van der Waals surface area (Å²) < 4.78 is 17.4. The average molecular weight is 299 g/mol. The zero-order valence-electron chi connectivity index (χ0n) is 11.9. The molecule has 0 fully saturated rings. The Morgan fingerprint density at radius 2 is 2.09 bits per heavy atom. The molecule has 6 nitrogen and oxygen atoms in total. The van der Waals surface area contributed by atoms with Gasteiger partial charge < -0.3 is 9.88 Å². The maximum atomic E-state index is 14.2. The van der Waals surface area contributed by atoms with Gasteiger partial charge in [0.05, 0.1) is 24.1 Å². The predicted octanol–water partition coefficient (Wildman–Crippen LogP) is 1.83. The van der Waals surface area contributed by atoms with Crippen molar-refractivity contribution < 1.29 is 9.18 Å². The molecule has 3 aromatic rings. The second-order valence-electron chi connectivity index (χ2n) is 4.79. The standard InChI is InChI=1S/C15H14FN5O/c1-11(22)17-9-12-10-21(19-18-12)13-4-5-15(14(16)8-13)20-6-2-3-7-20/h2-8,10H,9H2,1H3,(H,17,22). The first-order chi connectivity index (χ1) is 10.6. The van der Waals surface area contributed by atoms with Crippen LogP contribution in [0.4, 0.5) is 4.39 Å². The number of benzene rings is 1. The van der Waals surface area contributed by atoms with E-state index in [-0.39, 0.29) is 11.7 Å². The first kappa shape index (κ1) is 14.0. The van der Waals surface area contributed by atoms with Crippen LogP contribution in [0.25, 0.3) is 11.4 Å². The molecular formula is C15H14FN5O. The first-order valence-electron chi connectivity index (χ1n) is 6.72. The van der Waals surface area contributed by atoms with Crippen LogP contribution in [0.3, 0.4) is 0 Å². The van der Waals surface area contributed by atoms with Crippen molar-refractivity contribution in [3.05, 3.63) is 60.4 Å². The molecule has 1 N–H and O–H groups in total. The lowest BCUT2D eigenvalue weighted by Crippen LogP contribution is -2.19. The maximum Gasteiger partial charge on any atom is 0.217 e. The number of nitrogens with one attached hydrogen (secondary N) is 1. The quantitative estimate of drug-likeness (QED) is 0.799. The maximum absolute atomic E-state index is 14.2. The second kappa shape index (κ2) is 5.80. The second-order valence-corrected chi connectivity index (χ2v) is 4.79. The van der Waals surface area contributed by atoms with Gasteiger partial charge in [-0.25, -0.2) is 9.07 Å². The van der Waals surface area contributed by atoms with Gasteiger partial charge in [0.25, 0.3) is 0 Å². The van der Waals surface area contributed by atoms with E-state index in [0.717, 1.165) is 0 Å². The Kier molecular flexibility index (Phi) is 3.69. The third kappa shape index (κ3) is 2.88. The first-order valence-corrected chi connectivity index (χ1v) is 6.72. The molecule has 3 rings (SSSR count). The van der Waals surface area contributed by atoms with Crippen molar-refractivity contribution in [1.82, 2.24) is 24.9 Å². The highest BCUT2D eigenvalue weighted by Gasteiger charge is 2.08. The van der Waals surface area contributed by atoms with E-state index in [1.165, 1.54) is 17.7 Å². The Morgan fingerprint density at radius 3 is 2.77 bits per heavy atom. The number of carbonyl (C=O) groups excluding carboxylic acids is 1. The van der Waals surface area contributed by atoms with Crippen molar-refractivity contribution in [2.24, 2.45) is 0 Å². The van der Waals surface area contributed by atoms with E-state index < -0.39 is 0 Å². The SMILES string of the molecule is CC(=O)NCc1cn(-c2ccc(-n3cccc3)c(F)c2)nn1. The van der Waals surface area contributed by atoms with Crippen LogP contribution in [0.2, 0.25) is 0 Å². The summed E-state index contributed by atoms with van der Waals surface area (Å²) in [7, 11) is 0. The summed E-state index contributed by atoms with van der Waals surface area (Å²) in [4.78, 5) is 10.9. The highest BCUT2D eigenvalue weighted by molar-refractivity contribution is 5.72. The molecule has 1 amide bonds. The lowest BCUT2D eigenvalue weighted by molar-refractivity contribution is -0.119. The number of hydrogen-bond acceptors (Lipinski definition) is 3.